The number of hydrogen-bond acceptors (Lipinski definition) is 9. The molecule has 3 aromatic rings. The van der Waals surface area contributed by atoms with Crippen molar-refractivity contribution in [1.82, 2.24) is 10.2 Å². The van der Waals surface area contributed by atoms with Gasteiger partial charge in [-0.2, -0.15) is 0 Å². The molecule has 9 heteroatoms. The van der Waals surface area contributed by atoms with E-state index in [0.29, 0.717) is 35.0 Å². The van der Waals surface area contributed by atoms with E-state index in [-0.39, 0.29) is 16.9 Å². The minimum Gasteiger partial charge on any atom is -0.494 e. The highest BCUT2D eigenvalue weighted by molar-refractivity contribution is 8.00. The normalized spacial score (nSPS) is 11.6. The summed E-state index contributed by atoms with van der Waals surface area (Å²) in [7, 11) is 4.60. The maximum absolute atomic E-state index is 12.7. The Balaban J connectivity index is 1.75. The zero-order valence-electron chi connectivity index (χ0n) is 18.0. The first kappa shape index (κ1) is 22.5. The Morgan fingerprint density at radius 2 is 1.68 bits per heavy atom. The van der Waals surface area contributed by atoms with Crippen LogP contribution in [0.5, 0.6) is 23.0 Å². The van der Waals surface area contributed by atoms with Crippen LogP contribution >= 0.6 is 11.8 Å². The third-order valence-corrected chi connectivity index (χ3v) is 5.35. The van der Waals surface area contributed by atoms with Gasteiger partial charge in [0.2, 0.25) is 11.6 Å². The van der Waals surface area contributed by atoms with Crippen LogP contribution in [0.2, 0.25) is 0 Å². The molecule has 0 unspecified atom stereocenters. The van der Waals surface area contributed by atoms with Crippen LogP contribution in [-0.4, -0.2) is 49.2 Å². The number of ketones is 1. The maximum atomic E-state index is 12.7. The van der Waals surface area contributed by atoms with Crippen LogP contribution in [0.1, 0.15) is 24.2 Å². The van der Waals surface area contributed by atoms with E-state index in [9.17, 15) is 4.79 Å². The molecule has 0 N–H and O–H groups in total. The van der Waals surface area contributed by atoms with Crippen LogP contribution < -0.4 is 18.9 Å². The number of nitrogens with zero attached hydrogens (tertiary/aromatic N) is 2. The number of aromatic nitrogens is 2. The molecule has 0 radical (unpaired) electrons. The monoisotopic (exact) mass is 444 g/mol. The van der Waals surface area contributed by atoms with Crippen molar-refractivity contribution >= 4 is 17.5 Å². The summed E-state index contributed by atoms with van der Waals surface area (Å²) in [6, 6.07) is 10.5. The lowest BCUT2D eigenvalue weighted by Crippen LogP contribution is -2.13. The molecule has 0 fully saturated rings. The van der Waals surface area contributed by atoms with E-state index in [1.165, 1.54) is 33.1 Å². The van der Waals surface area contributed by atoms with Crippen molar-refractivity contribution in [3.63, 3.8) is 0 Å². The number of thioether (sulfide) groups is 1. The van der Waals surface area contributed by atoms with Gasteiger partial charge in [0.15, 0.2) is 17.3 Å². The van der Waals surface area contributed by atoms with Gasteiger partial charge in [0.05, 0.1) is 33.2 Å². The number of benzene rings is 2. The van der Waals surface area contributed by atoms with Gasteiger partial charge in [-0.25, -0.2) is 0 Å². The molecule has 0 saturated carbocycles. The van der Waals surface area contributed by atoms with E-state index in [0.717, 1.165) is 5.75 Å². The predicted octanol–water partition coefficient (Wildman–Crippen LogP) is 4.52. The van der Waals surface area contributed by atoms with Gasteiger partial charge < -0.3 is 23.4 Å². The van der Waals surface area contributed by atoms with Crippen LogP contribution in [0.25, 0.3) is 11.5 Å². The second kappa shape index (κ2) is 10.2. The molecule has 1 heterocycles. The quantitative estimate of drug-likeness (QED) is 0.330. The molecule has 3 rings (SSSR count). The van der Waals surface area contributed by atoms with Gasteiger partial charge in [-0.1, -0.05) is 11.8 Å². The second-order valence-electron chi connectivity index (χ2n) is 6.37. The zero-order chi connectivity index (χ0) is 22.4. The molecule has 0 saturated heterocycles. The van der Waals surface area contributed by atoms with Crippen LogP contribution in [0.15, 0.2) is 46.0 Å². The van der Waals surface area contributed by atoms with Gasteiger partial charge in [-0.15, -0.1) is 10.2 Å². The van der Waals surface area contributed by atoms with Crippen LogP contribution in [-0.2, 0) is 0 Å². The number of methoxy groups -OCH3 is 3. The van der Waals surface area contributed by atoms with E-state index in [1.54, 1.807) is 43.3 Å². The summed E-state index contributed by atoms with van der Waals surface area (Å²) >= 11 is 1.20. The molecular formula is C22H24N2O6S. The van der Waals surface area contributed by atoms with Crippen molar-refractivity contribution in [2.45, 2.75) is 24.3 Å². The summed E-state index contributed by atoms with van der Waals surface area (Å²) in [6.45, 7) is 4.28. The Labute approximate surface area is 184 Å². The molecule has 1 atom stereocenters. The fraction of sp³-hybridized carbons (Fsp3) is 0.318. The van der Waals surface area contributed by atoms with E-state index < -0.39 is 5.25 Å². The molecule has 1 aromatic heterocycles. The number of ether oxygens (including phenoxy) is 4. The highest BCUT2D eigenvalue weighted by Crippen LogP contribution is 2.41. The summed E-state index contributed by atoms with van der Waals surface area (Å²) < 4.78 is 27.2. The van der Waals surface area contributed by atoms with Gasteiger partial charge in [0, 0.05) is 11.1 Å². The average molecular weight is 445 g/mol. The first-order valence-electron chi connectivity index (χ1n) is 9.58. The van der Waals surface area contributed by atoms with Gasteiger partial charge in [-0.05, 0) is 50.2 Å². The highest BCUT2D eigenvalue weighted by Gasteiger charge is 2.22. The second-order valence-corrected chi connectivity index (χ2v) is 7.66. The first-order chi connectivity index (χ1) is 15.0. The van der Waals surface area contributed by atoms with Crippen molar-refractivity contribution < 1.29 is 28.2 Å². The Bertz CT molecular complexity index is 1010. The molecule has 31 heavy (non-hydrogen) atoms. The third kappa shape index (κ3) is 5.11. The molecule has 0 bridgehead atoms. The molecule has 0 aliphatic heterocycles. The summed E-state index contributed by atoms with van der Waals surface area (Å²) in [5, 5.41) is 8.03. The summed E-state index contributed by atoms with van der Waals surface area (Å²) in [6.07, 6.45) is 0. The minimum absolute atomic E-state index is 0.0411. The summed E-state index contributed by atoms with van der Waals surface area (Å²) in [5.74, 6) is 2.39. The number of hydrogen-bond donors (Lipinski definition) is 0. The Hall–Kier alpha value is -3.20. The summed E-state index contributed by atoms with van der Waals surface area (Å²) in [5.41, 5.74) is 1.20. The van der Waals surface area contributed by atoms with Gasteiger partial charge in [-0.3, -0.25) is 4.79 Å². The van der Waals surface area contributed by atoms with Gasteiger partial charge in [0.1, 0.15) is 5.75 Å². The highest BCUT2D eigenvalue weighted by atomic mass is 32.2. The number of Topliss-reactive ketones (excluding diaryl/α,β-unsaturated/α-hetero) is 1. The smallest absolute Gasteiger partial charge is 0.277 e. The van der Waals surface area contributed by atoms with Crippen molar-refractivity contribution in [3.05, 3.63) is 42.0 Å². The lowest BCUT2D eigenvalue weighted by Gasteiger charge is -2.12. The third-order valence-electron chi connectivity index (χ3n) is 4.41. The summed E-state index contributed by atoms with van der Waals surface area (Å²) in [4.78, 5) is 12.7. The molecule has 0 aliphatic rings. The number of carbonyl (C=O) groups excluding carboxylic acids is 1. The average Bonchev–Trinajstić information content (AvgIpc) is 3.26. The molecular weight excluding hydrogens is 420 g/mol. The molecule has 2 aromatic carbocycles. The van der Waals surface area contributed by atoms with E-state index >= 15 is 0 Å². The van der Waals surface area contributed by atoms with Gasteiger partial charge in [0.25, 0.3) is 5.22 Å². The molecule has 0 amide bonds. The Kier molecular flexibility index (Phi) is 7.41. The Morgan fingerprint density at radius 3 is 2.23 bits per heavy atom. The fourth-order valence-electron chi connectivity index (χ4n) is 2.90. The molecule has 0 spiro atoms. The van der Waals surface area contributed by atoms with Crippen molar-refractivity contribution in [2.75, 3.05) is 27.9 Å². The lowest BCUT2D eigenvalue weighted by atomic mass is 10.1. The van der Waals surface area contributed by atoms with E-state index in [2.05, 4.69) is 10.2 Å². The van der Waals surface area contributed by atoms with Crippen molar-refractivity contribution in [3.8, 4) is 34.5 Å². The molecule has 0 aliphatic carbocycles. The predicted molar refractivity (Wildman–Crippen MR) is 117 cm³/mol. The number of carbonyl (C=O) groups is 1. The van der Waals surface area contributed by atoms with Crippen LogP contribution in [0.4, 0.5) is 0 Å². The first-order valence-corrected chi connectivity index (χ1v) is 10.5. The maximum Gasteiger partial charge on any atom is 0.277 e. The number of rotatable bonds is 10. The Morgan fingerprint density at radius 1 is 1.03 bits per heavy atom. The van der Waals surface area contributed by atoms with Crippen molar-refractivity contribution in [2.24, 2.45) is 0 Å². The van der Waals surface area contributed by atoms with E-state index in [1.807, 2.05) is 6.92 Å². The van der Waals surface area contributed by atoms with Crippen LogP contribution in [0.3, 0.4) is 0 Å². The SMILES string of the molecule is CCOc1ccc(C(=O)[C@@H](C)Sc2nnc(-c3cc(OC)c(OC)c(OC)c3)o2)cc1. The molecule has 8 nitrogen and oxygen atoms in total. The largest absolute Gasteiger partial charge is 0.494 e. The van der Waals surface area contributed by atoms with Crippen LogP contribution in [0, 0.1) is 0 Å². The van der Waals surface area contributed by atoms with Gasteiger partial charge >= 0.3 is 0 Å². The lowest BCUT2D eigenvalue weighted by molar-refractivity contribution is 0.0993. The topological polar surface area (TPSA) is 92.9 Å². The zero-order valence-corrected chi connectivity index (χ0v) is 18.8. The fourth-order valence-corrected chi connectivity index (χ4v) is 3.66. The van der Waals surface area contributed by atoms with E-state index in [4.69, 9.17) is 23.4 Å². The van der Waals surface area contributed by atoms with Crippen molar-refractivity contribution in [1.29, 1.82) is 0 Å². The standard InChI is InChI=1S/C22H24N2O6S/c1-6-29-16-9-7-14(8-10-16)19(25)13(2)31-22-24-23-21(30-22)15-11-17(26-3)20(28-5)18(12-15)27-4/h7-13H,6H2,1-5H3/t13-/m1/s1. The minimum atomic E-state index is -0.411. The molecule has 164 valence electrons.